The van der Waals surface area contributed by atoms with Crippen molar-refractivity contribution in [3.8, 4) is 0 Å². The van der Waals surface area contributed by atoms with Crippen LogP contribution in [0.25, 0.3) is 11.1 Å². The summed E-state index contributed by atoms with van der Waals surface area (Å²) in [7, 11) is -2.83. The van der Waals surface area contributed by atoms with Gasteiger partial charge in [0, 0.05) is 5.92 Å². The number of fused-ring (bicyclic) bond motifs is 1. The molecule has 0 amide bonds. The van der Waals surface area contributed by atoms with Crippen LogP contribution >= 0.6 is 0 Å². The van der Waals surface area contributed by atoms with Crippen molar-refractivity contribution >= 4 is 20.9 Å². The lowest BCUT2D eigenvalue weighted by Gasteiger charge is -2.21. The van der Waals surface area contributed by atoms with E-state index >= 15 is 0 Å². The second-order valence-corrected chi connectivity index (χ2v) is 8.68. The molecule has 2 heterocycles. The van der Waals surface area contributed by atoms with Crippen molar-refractivity contribution in [2.45, 2.75) is 38.0 Å². The number of benzene rings is 1. The molecule has 1 aliphatic heterocycles. The van der Waals surface area contributed by atoms with Gasteiger partial charge in [-0.15, -0.1) is 0 Å². The van der Waals surface area contributed by atoms with Crippen LogP contribution in [0.5, 0.6) is 0 Å². The predicted octanol–water partition coefficient (Wildman–Crippen LogP) is 3.07. The van der Waals surface area contributed by atoms with Crippen molar-refractivity contribution < 1.29 is 12.8 Å². The molecule has 112 valence electrons. The third kappa shape index (κ3) is 2.84. The normalized spacial score (nSPS) is 25.2. The van der Waals surface area contributed by atoms with Crippen molar-refractivity contribution in [1.29, 1.82) is 0 Å². The first-order chi connectivity index (χ1) is 10.1. The average molecular weight is 305 g/mol. The first-order valence-electron chi connectivity index (χ1n) is 7.69. The first kappa shape index (κ1) is 13.3. The van der Waals surface area contributed by atoms with Gasteiger partial charge in [0.2, 0.25) is 0 Å². The molecule has 5 heteroatoms. The molecule has 21 heavy (non-hydrogen) atoms. The minimum atomic E-state index is -2.83. The van der Waals surface area contributed by atoms with Gasteiger partial charge in [-0.05, 0) is 55.7 Å². The van der Waals surface area contributed by atoms with Gasteiger partial charge in [-0.25, -0.2) is 13.4 Å². The lowest BCUT2D eigenvalue weighted by Crippen LogP contribution is -2.26. The largest absolute Gasteiger partial charge is 0.440 e. The zero-order valence-corrected chi connectivity index (χ0v) is 12.7. The SMILES string of the molecule is O=S1(=O)CCC[C@H](Cc2ccc3oc(C4CC4)nc3c2)C1. The highest BCUT2D eigenvalue weighted by Gasteiger charge is 2.29. The second kappa shape index (κ2) is 4.83. The molecular formula is C16H19NO3S. The Hall–Kier alpha value is -1.36. The van der Waals surface area contributed by atoms with E-state index in [4.69, 9.17) is 4.42 Å². The quantitative estimate of drug-likeness (QED) is 0.874. The highest BCUT2D eigenvalue weighted by Crippen LogP contribution is 2.40. The monoisotopic (exact) mass is 305 g/mol. The predicted molar refractivity (Wildman–Crippen MR) is 81.1 cm³/mol. The molecular weight excluding hydrogens is 286 g/mol. The topological polar surface area (TPSA) is 60.2 Å². The highest BCUT2D eigenvalue weighted by molar-refractivity contribution is 7.91. The van der Waals surface area contributed by atoms with Crippen LogP contribution < -0.4 is 0 Å². The molecule has 1 atom stereocenters. The van der Waals surface area contributed by atoms with Gasteiger partial charge in [-0.1, -0.05) is 6.07 Å². The molecule has 4 rings (SSSR count). The maximum Gasteiger partial charge on any atom is 0.198 e. The number of nitrogens with zero attached hydrogens (tertiary/aromatic N) is 1. The van der Waals surface area contributed by atoms with Crippen LogP contribution in [-0.2, 0) is 16.3 Å². The summed E-state index contributed by atoms with van der Waals surface area (Å²) < 4.78 is 29.2. The third-order valence-corrected chi connectivity index (χ3v) is 6.37. The molecule has 0 spiro atoms. The van der Waals surface area contributed by atoms with Gasteiger partial charge in [0.25, 0.3) is 0 Å². The zero-order valence-electron chi connectivity index (χ0n) is 11.9. The number of hydrogen-bond donors (Lipinski definition) is 0. The zero-order chi connectivity index (χ0) is 14.4. The fourth-order valence-electron chi connectivity index (χ4n) is 3.23. The minimum Gasteiger partial charge on any atom is -0.440 e. The Morgan fingerprint density at radius 2 is 2.10 bits per heavy atom. The number of hydrogen-bond acceptors (Lipinski definition) is 4. The van der Waals surface area contributed by atoms with E-state index in [2.05, 4.69) is 11.1 Å². The Kier molecular flexibility index (Phi) is 3.06. The molecule has 2 aliphatic rings. The van der Waals surface area contributed by atoms with Crippen molar-refractivity contribution in [1.82, 2.24) is 4.98 Å². The fourth-order valence-corrected chi connectivity index (χ4v) is 5.01. The summed E-state index contributed by atoms with van der Waals surface area (Å²) in [5.41, 5.74) is 2.92. The van der Waals surface area contributed by atoms with E-state index in [1.54, 1.807) is 0 Å². The lowest BCUT2D eigenvalue weighted by molar-refractivity contribution is 0.484. The van der Waals surface area contributed by atoms with Crippen LogP contribution in [-0.4, -0.2) is 24.9 Å². The highest BCUT2D eigenvalue weighted by atomic mass is 32.2. The number of sulfone groups is 1. The van der Waals surface area contributed by atoms with Crippen molar-refractivity contribution in [2.24, 2.45) is 5.92 Å². The van der Waals surface area contributed by atoms with Crippen molar-refractivity contribution in [3.63, 3.8) is 0 Å². The van der Waals surface area contributed by atoms with Crippen molar-refractivity contribution in [3.05, 3.63) is 29.7 Å². The summed E-state index contributed by atoms with van der Waals surface area (Å²) in [5, 5.41) is 0. The van der Waals surface area contributed by atoms with E-state index in [0.717, 1.165) is 36.3 Å². The Bertz CT molecular complexity index is 774. The van der Waals surface area contributed by atoms with Crippen LogP contribution in [0.1, 0.15) is 43.1 Å². The fraction of sp³-hybridized carbons (Fsp3) is 0.562. The maximum atomic E-state index is 11.7. The first-order valence-corrected chi connectivity index (χ1v) is 9.51. The molecule has 1 aromatic heterocycles. The van der Waals surface area contributed by atoms with Crippen LogP contribution in [0.4, 0.5) is 0 Å². The smallest absolute Gasteiger partial charge is 0.198 e. The van der Waals surface area contributed by atoms with Crippen LogP contribution in [0, 0.1) is 5.92 Å². The van der Waals surface area contributed by atoms with Crippen molar-refractivity contribution in [2.75, 3.05) is 11.5 Å². The number of rotatable bonds is 3. The molecule has 1 saturated heterocycles. The lowest BCUT2D eigenvalue weighted by atomic mass is 9.96. The molecule has 1 saturated carbocycles. The van der Waals surface area contributed by atoms with Crippen LogP contribution in [0.15, 0.2) is 22.6 Å². The van der Waals surface area contributed by atoms with Gasteiger partial charge >= 0.3 is 0 Å². The van der Waals surface area contributed by atoms with Gasteiger partial charge in [0.15, 0.2) is 21.3 Å². The van der Waals surface area contributed by atoms with Crippen LogP contribution in [0.2, 0.25) is 0 Å². The minimum absolute atomic E-state index is 0.246. The van der Waals surface area contributed by atoms with Gasteiger partial charge < -0.3 is 4.42 Å². The molecule has 1 aromatic carbocycles. The summed E-state index contributed by atoms with van der Waals surface area (Å²) >= 11 is 0. The molecule has 0 unspecified atom stereocenters. The standard InChI is InChI=1S/C16H19NO3S/c18-21(19)7-1-2-12(10-21)8-11-3-6-15-14(9-11)17-16(20-15)13-4-5-13/h3,6,9,12-13H,1-2,4-5,7-8,10H2/t12-/m1/s1. The second-order valence-electron chi connectivity index (χ2n) is 6.46. The molecule has 2 fully saturated rings. The molecule has 0 radical (unpaired) electrons. The van der Waals surface area contributed by atoms with E-state index in [-0.39, 0.29) is 5.92 Å². The maximum absolute atomic E-state index is 11.7. The molecule has 0 N–H and O–H groups in total. The van der Waals surface area contributed by atoms with Gasteiger partial charge in [0.05, 0.1) is 11.5 Å². The Balaban J connectivity index is 1.55. The summed E-state index contributed by atoms with van der Waals surface area (Å²) in [6.45, 7) is 0. The van der Waals surface area contributed by atoms with E-state index in [0.29, 0.717) is 17.4 Å². The average Bonchev–Trinajstić information content (AvgIpc) is 3.18. The van der Waals surface area contributed by atoms with Gasteiger partial charge in [0.1, 0.15) is 5.52 Å². The third-order valence-electron chi connectivity index (χ3n) is 4.48. The van der Waals surface area contributed by atoms with E-state index in [9.17, 15) is 8.42 Å². The van der Waals surface area contributed by atoms with E-state index < -0.39 is 9.84 Å². The Morgan fingerprint density at radius 3 is 2.86 bits per heavy atom. The molecule has 4 nitrogen and oxygen atoms in total. The molecule has 0 bridgehead atoms. The van der Waals surface area contributed by atoms with Crippen LogP contribution in [0.3, 0.4) is 0 Å². The Labute approximate surface area is 124 Å². The van der Waals surface area contributed by atoms with Gasteiger partial charge in [-0.2, -0.15) is 0 Å². The van der Waals surface area contributed by atoms with E-state index in [1.807, 2.05) is 12.1 Å². The summed E-state index contributed by atoms with van der Waals surface area (Å²) in [4.78, 5) is 4.57. The summed E-state index contributed by atoms with van der Waals surface area (Å²) in [5.74, 6) is 2.32. The van der Waals surface area contributed by atoms with E-state index in [1.165, 1.54) is 18.4 Å². The number of aromatic nitrogens is 1. The summed E-state index contributed by atoms with van der Waals surface area (Å²) in [6.07, 6.45) is 4.98. The van der Waals surface area contributed by atoms with Gasteiger partial charge in [-0.3, -0.25) is 0 Å². The molecule has 1 aliphatic carbocycles. The summed E-state index contributed by atoms with van der Waals surface area (Å²) in [6, 6.07) is 6.08. The number of oxazole rings is 1. The molecule has 2 aromatic rings. The Morgan fingerprint density at radius 1 is 1.24 bits per heavy atom.